The fraction of sp³-hybridized carbons (Fsp3) is 0.842. The summed E-state index contributed by atoms with van der Waals surface area (Å²) in [4.78, 5) is 38.5. The quantitative estimate of drug-likeness (QED) is 0.761. The number of hydrogen-bond acceptors (Lipinski definition) is 3. The van der Waals surface area contributed by atoms with Gasteiger partial charge in [-0.3, -0.25) is 14.5 Å². The van der Waals surface area contributed by atoms with Crippen molar-refractivity contribution in [3.05, 3.63) is 0 Å². The molecule has 1 aliphatic heterocycles. The summed E-state index contributed by atoms with van der Waals surface area (Å²) in [6.07, 6.45) is 8.29. The zero-order valence-corrected chi connectivity index (χ0v) is 14.8. The van der Waals surface area contributed by atoms with Crippen LogP contribution < -0.4 is 10.6 Å². The van der Waals surface area contributed by atoms with Gasteiger partial charge in [-0.05, 0) is 75.0 Å². The summed E-state index contributed by atoms with van der Waals surface area (Å²) >= 11 is 0. The summed E-state index contributed by atoms with van der Waals surface area (Å²) in [5.74, 6) is 2.87. The summed E-state index contributed by atoms with van der Waals surface area (Å²) in [6, 6.07) is -0.175. The highest BCUT2D eigenvalue weighted by molar-refractivity contribution is 6.09. The van der Waals surface area contributed by atoms with Gasteiger partial charge in [0.1, 0.15) is 12.1 Å². The van der Waals surface area contributed by atoms with Crippen LogP contribution in [0.1, 0.15) is 51.9 Å². The molecule has 4 aliphatic carbocycles. The fourth-order valence-electron chi connectivity index (χ4n) is 6.43. The molecule has 136 valence electrons. The van der Waals surface area contributed by atoms with E-state index in [9.17, 15) is 14.4 Å². The smallest absolute Gasteiger partial charge is 0.325 e. The van der Waals surface area contributed by atoms with Crippen LogP contribution in [0.5, 0.6) is 0 Å². The van der Waals surface area contributed by atoms with Gasteiger partial charge in [0.25, 0.3) is 5.91 Å². The molecular formula is C19H27N3O3. The van der Waals surface area contributed by atoms with Gasteiger partial charge < -0.3 is 10.6 Å². The summed E-state index contributed by atoms with van der Waals surface area (Å²) in [5.41, 5.74) is -0.805. The molecule has 2 N–H and O–H groups in total. The van der Waals surface area contributed by atoms with E-state index >= 15 is 0 Å². The first-order valence-corrected chi connectivity index (χ1v) is 9.91. The lowest BCUT2D eigenvalue weighted by molar-refractivity contribution is -0.135. The molecule has 2 bridgehead atoms. The second-order valence-corrected chi connectivity index (χ2v) is 9.13. The molecule has 6 heteroatoms. The Morgan fingerprint density at radius 2 is 1.92 bits per heavy atom. The van der Waals surface area contributed by atoms with Crippen molar-refractivity contribution >= 4 is 17.8 Å². The Morgan fingerprint density at radius 1 is 1.16 bits per heavy atom. The summed E-state index contributed by atoms with van der Waals surface area (Å²) in [6.45, 7) is 1.65. The molecule has 0 unspecified atom stereocenters. The van der Waals surface area contributed by atoms with Crippen LogP contribution in [0.25, 0.3) is 0 Å². The van der Waals surface area contributed by atoms with Crippen LogP contribution in [0, 0.1) is 29.6 Å². The number of carbonyl (C=O) groups excluding carboxylic acids is 3. The number of amides is 4. The second kappa shape index (κ2) is 5.21. The molecule has 0 aromatic carbocycles. The van der Waals surface area contributed by atoms with Crippen molar-refractivity contribution in [3.8, 4) is 0 Å². The second-order valence-electron chi connectivity index (χ2n) is 9.13. The molecule has 0 radical (unpaired) electrons. The van der Waals surface area contributed by atoms with Crippen LogP contribution in [0.4, 0.5) is 4.79 Å². The van der Waals surface area contributed by atoms with Crippen molar-refractivity contribution < 1.29 is 14.4 Å². The number of imide groups is 1. The highest BCUT2D eigenvalue weighted by Crippen LogP contribution is 2.58. The van der Waals surface area contributed by atoms with Crippen LogP contribution >= 0.6 is 0 Å². The lowest BCUT2D eigenvalue weighted by Gasteiger charge is -2.32. The maximum Gasteiger partial charge on any atom is 0.325 e. The molecule has 0 aromatic rings. The number of nitrogens with one attached hydrogen (secondary N) is 2. The largest absolute Gasteiger partial charge is 0.352 e. The number of rotatable bonds is 4. The van der Waals surface area contributed by atoms with Gasteiger partial charge >= 0.3 is 6.03 Å². The van der Waals surface area contributed by atoms with E-state index < -0.39 is 11.6 Å². The van der Waals surface area contributed by atoms with Crippen molar-refractivity contribution in [2.75, 3.05) is 6.54 Å². The van der Waals surface area contributed by atoms with E-state index in [2.05, 4.69) is 10.6 Å². The third-order valence-corrected chi connectivity index (χ3v) is 7.77. The topological polar surface area (TPSA) is 78.5 Å². The molecule has 0 spiro atoms. The molecule has 5 fully saturated rings. The Balaban J connectivity index is 1.22. The molecular weight excluding hydrogens is 318 g/mol. The van der Waals surface area contributed by atoms with Gasteiger partial charge in [0.05, 0.1) is 0 Å². The van der Waals surface area contributed by atoms with Crippen LogP contribution in [0.2, 0.25) is 0 Å². The highest BCUT2D eigenvalue weighted by atomic mass is 16.2. The minimum Gasteiger partial charge on any atom is -0.352 e. The zero-order valence-electron chi connectivity index (χ0n) is 14.8. The van der Waals surface area contributed by atoms with Crippen molar-refractivity contribution in [1.82, 2.24) is 15.5 Å². The fourth-order valence-corrected chi connectivity index (χ4v) is 6.43. The van der Waals surface area contributed by atoms with Crippen molar-refractivity contribution in [2.24, 2.45) is 29.6 Å². The Hall–Kier alpha value is -1.59. The van der Waals surface area contributed by atoms with Crippen LogP contribution in [0.15, 0.2) is 0 Å². The minimum absolute atomic E-state index is 0.144. The third-order valence-electron chi connectivity index (χ3n) is 7.77. The average molecular weight is 345 g/mol. The van der Waals surface area contributed by atoms with E-state index in [1.54, 1.807) is 6.92 Å². The Labute approximate surface area is 148 Å². The van der Waals surface area contributed by atoms with E-state index in [1.165, 1.54) is 25.7 Å². The molecule has 0 aromatic heterocycles. The van der Waals surface area contributed by atoms with Crippen molar-refractivity contribution in [2.45, 2.75) is 63.5 Å². The number of fused-ring (bicyclic) bond motifs is 5. The Kier molecular flexibility index (Phi) is 3.26. The first-order valence-electron chi connectivity index (χ1n) is 9.91. The summed E-state index contributed by atoms with van der Waals surface area (Å²) < 4.78 is 0. The van der Waals surface area contributed by atoms with E-state index in [4.69, 9.17) is 0 Å². The summed E-state index contributed by atoms with van der Waals surface area (Å²) in [7, 11) is 0. The predicted molar refractivity (Wildman–Crippen MR) is 90.3 cm³/mol. The maximum atomic E-state index is 12.6. The molecule has 1 heterocycles. The van der Waals surface area contributed by atoms with Crippen molar-refractivity contribution in [3.63, 3.8) is 0 Å². The van der Waals surface area contributed by atoms with Crippen LogP contribution in [-0.4, -0.2) is 40.9 Å². The van der Waals surface area contributed by atoms with E-state index in [-0.39, 0.29) is 30.3 Å². The molecule has 25 heavy (non-hydrogen) atoms. The minimum atomic E-state index is -0.805. The predicted octanol–water partition coefficient (Wildman–Crippen LogP) is 1.65. The average Bonchev–Trinajstić information content (AvgIpc) is 2.95. The van der Waals surface area contributed by atoms with Gasteiger partial charge in [-0.25, -0.2) is 4.79 Å². The van der Waals surface area contributed by atoms with E-state index in [0.717, 1.165) is 41.9 Å². The normalized spacial score (nSPS) is 45.0. The third kappa shape index (κ3) is 2.25. The SMILES string of the molecule is C[C@@]1(C2CC2)NC(=O)N(CC(=O)N[C@@H]2C[C@H]3C[C@@H]2[C@@H]2CCC[C@H]32)C1=O. The Morgan fingerprint density at radius 3 is 2.68 bits per heavy atom. The van der Waals surface area contributed by atoms with Gasteiger partial charge in [-0.2, -0.15) is 0 Å². The van der Waals surface area contributed by atoms with Gasteiger partial charge in [0, 0.05) is 6.04 Å². The molecule has 6 atom stereocenters. The van der Waals surface area contributed by atoms with Crippen LogP contribution in [0.3, 0.4) is 0 Å². The van der Waals surface area contributed by atoms with Gasteiger partial charge in [0.2, 0.25) is 5.91 Å². The first-order chi connectivity index (χ1) is 12.0. The first kappa shape index (κ1) is 15.6. The number of carbonyl (C=O) groups is 3. The van der Waals surface area contributed by atoms with Crippen LogP contribution in [-0.2, 0) is 9.59 Å². The number of hydrogen-bond donors (Lipinski definition) is 2. The number of nitrogens with zero attached hydrogens (tertiary/aromatic N) is 1. The standard InChI is InChI=1S/C19H27N3O3/c1-19(11-5-6-11)17(24)22(18(25)21-19)9-16(23)20-15-8-10-7-14(15)13-4-2-3-12(10)13/h10-15H,2-9H2,1H3,(H,20,23)(H,21,25)/t10-,12-,13-,14-,15-,19+/m1/s1. The van der Waals surface area contributed by atoms with Gasteiger partial charge in [-0.1, -0.05) is 6.42 Å². The van der Waals surface area contributed by atoms with E-state index in [0.29, 0.717) is 5.92 Å². The molecule has 5 aliphatic rings. The molecule has 6 nitrogen and oxygen atoms in total. The van der Waals surface area contributed by atoms with Gasteiger partial charge in [-0.15, -0.1) is 0 Å². The summed E-state index contributed by atoms with van der Waals surface area (Å²) in [5, 5.41) is 5.96. The zero-order chi connectivity index (χ0) is 17.3. The maximum absolute atomic E-state index is 12.6. The lowest BCUT2D eigenvalue weighted by atomic mass is 9.79. The lowest BCUT2D eigenvalue weighted by Crippen LogP contribution is -2.49. The van der Waals surface area contributed by atoms with Gasteiger partial charge in [0.15, 0.2) is 0 Å². The molecule has 4 saturated carbocycles. The molecule has 1 saturated heterocycles. The molecule has 4 amide bonds. The number of urea groups is 1. The van der Waals surface area contributed by atoms with Crippen molar-refractivity contribution in [1.29, 1.82) is 0 Å². The highest BCUT2D eigenvalue weighted by Gasteiger charge is 2.57. The monoisotopic (exact) mass is 345 g/mol. The molecule has 5 rings (SSSR count). The Bertz CT molecular complexity index is 646. The van der Waals surface area contributed by atoms with E-state index in [1.807, 2.05) is 0 Å².